The third kappa shape index (κ3) is 4.08. The zero-order valence-corrected chi connectivity index (χ0v) is 14.3. The van der Waals surface area contributed by atoms with Gasteiger partial charge in [-0.2, -0.15) is 0 Å². The van der Waals surface area contributed by atoms with E-state index >= 15 is 0 Å². The smallest absolute Gasteiger partial charge is 0.293 e. The largest absolute Gasteiger partial charge is 0.339 e. The predicted molar refractivity (Wildman–Crippen MR) is 84.3 cm³/mol. The molecule has 3 rings (SSSR count). The lowest BCUT2D eigenvalue weighted by Gasteiger charge is -2.31. The molecule has 2 heterocycles. The van der Waals surface area contributed by atoms with Crippen LogP contribution in [-0.2, 0) is 21.6 Å². The van der Waals surface area contributed by atoms with Crippen LogP contribution in [0.3, 0.4) is 0 Å². The SMILES string of the molecule is FC(F)C(F)OC1CCC(Cn2ccnn2)(c2ccc(Cl)cc2Cl)O1. The molecule has 1 aliphatic rings. The number of halogens is 5. The van der Waals surface area contributed by atoms with Gasteiger partial charge in [0, 0.05) is 28.2 Å². The van der Waals surface area contributed by atoms with Crippen molar-refractivity contribution in [3.8, 4) is 0 Å². The lowest BCUT2D eigenvalue weighted by Crippen LogP contribution is -2.34. The van der Waals surface area contributed by atoms with E-state index in [4.69, 9.17) is 27.9 Å². The standard InChI is InChI=1S/C15H14Cl2F3N3O2/c16-9-1-2-10(11(17)7-9)15(8-23-6-5-21-22-23)4-3-12(25-15)24-14(20)13(18)19/h1-2,5-7,12-14H,3-4,8H2. The molecule has 3 unspecified atom stereocenters. The average molecular weight is 396 g/mol. The van der Waals surface area contributed by atoms with E-state index in [-0.39, 0.29) is 13.0 Å². The summed E-state index contributed by atoms with van der Waals surface area (Å²) in [5, 5.41) is 8.41. The van der Waals surface area contributed by atoms with Gasteiger partial charge in [0.15, 0.2) is 6.29 Å². The highest BCUT2D eigenvalue weighted by molar-refractivity contribution is 6.35. The number of hydrogen-bond donors (Lipinski definition) is 0. The second-order valence-electron chi connectivity index (χ2n) is 5.63. The first kappa shape index (κ1) is 18.4. The summed E-state index contributed by atoms with van der Waals surface area (Å²) in [4.78, 5) is 0. The highest BCUT2D eigenvalue weighted by Crippen LogP contribution is 2.44. The number of nitrogens with zero attached hydrogens (tertiary/aromatic N) is 3. The molecule has 0 amide bonds. The second kappa shape index (κ2) is 7.49. The average Bonchev–Trinajstić information content (AvgIpc) is 3.18. The molecule has 3 atom stereocenters. The maximum atomic E-state index is 13.2. The van der Waals surface area contributed by atoms with E-state index in [1.807, 2.05) is 0 Å². The zero-order chi connectivity index (χ0) is 18.0. The first-order valence-corrected chi connectivity index (χ1v) is 8.20. The molecule has 1 fully saturated rings. The van der Waals surface area contributed by atoms with Gasteiger partial charge in [0.05, 0.1) is 12.7 Å². The molecular weight excluding hydrogens is 382 g/mol. The quantitative estimate of drug-likeness (QED) is 0.735. The minimum atomic E-state index is -3.24. The van der Waals surface area contributed by atoms with Crippen LogP contribution in [0.2, 0.25) is 10.0 Å². The predicted octanol–water partition coefficient (Wildman–Crippen LogP) is 4.19. The van der Waals surface area contributed by atoms with E-state index < -0.39 is 24.7 Å². The zero-order valence-electron chi connectivity index (χ0n) is 12.8. The van der Waals surface area contributed by atoms with Gasteiger partial charge >= 0.3 is 0 Å². The van der Waals surface area contributed by atoms with Gasteiger partial charge in [-0.3, -0.25) is 0 Å². The molecule has 25 heavy (non-hydrogen) atoms. The molecule has 1 saturated heterocycles. The van der Waals surface area contributed by atoms with Gasteiger partial charge in [-0.25, -0.2) is 17.9 Å². The Kier molecular flexibility index (Phi) is 5.52. The summed E-state index contributed by atoms with van der Waals surface area (Å²) in [6.45, 7) is 0.208. The summed E-state index contributed by atoms with van der Waals surface area (Å²) in [6, 6.07) is 4.88. The van der Waals surface area contributed by atoms with Crippen LogP contribution in [0.15, 0.2) is 30.6 Å². The number of ether oxygens (including phenoxy) is 2. The van der Waals surface area contributed by atoms with Gasteiger partial charge < -0.3 is 9.47 Å². The van der Waals surface area contributed by atoms with E-state index in [0.717, 1.165) is 0 Å². The Morgan fingerprint density at radius 2 is 2.16 bits per heavy atom. The Morgan fingerprint density at radius 1 is 1.36 bits per heavy atom. The Balaban J connectivity index is 1.88. The van der Waals surface area contributed by atoms with Crippen molar-refractivity contribution >= 4 is 23.2 Å². The van der Waals surface area contributed by atoms with Gasteiger partial charge in [-0.15, -0.1) is 5.10 Å². The minimum absolute atomic E-state index is 0.208. The molecule has 136 valence electrons. The molecule has 5 nitrogen and oxygen atoms in total. The first-order valence-electron chi connectivity index (χ1n) is 7.45. The molecular formula is C15H14Cl2F3N3O2. The molecule has 0 saturated carbocycles. The van der Waals surface area contributed by atoms with Crippen molar-refractivity contribution in [3.63, 3.8) is 0 Å². The molecule has 1 aromatic heterocycles. The first-order chi connectivity index (χ1) is 11.9. The topological polar surface area (TPSA) is 49.2 Å². The van der Waals surface area contributed by atoms with Crippen molar-refractivity contribution in [1.29, 1.82) is 0 Å². The molecule has 1 aromatic carbocycles. The van der Waals surface area contributed by atoms with Gasteiger partial charge in [0.2, 0.25) is 0 Å². The fraction of sp³-hybridized carbons (Fsp3) is 0.467. The highest BCUT2D eigenvalue weighted by atomic mass is 35.5. The molecule has 1 aliphatic heterocycles. The summed E-state index contributed by atoms with van der Waals surface area (Å²) in [5.41, 5.74) is -0.436. The van der Waals surface area contributed by atoms with Crippen LogP contribution < -0.4 is 0 Å². The molecule has 0 spiro atoms. The van der Waals surface area contributed by atoms with Crippen LogP contribution in [-0.4, -0.2) is 34.1 Å². The van der Waals surface area contributed by atoms with Crippen molar-refractivity contribution in [2.75, 3.05) is 0 Å². The van der Waals surface area contributed by atoms with Crippen molar-refractivity contribution in [2.45, 2.75) is 44.1 Å². The summed E-state index contributed by atoms with van der Waals surface area (Å²) in [5.74, 6) is 0. The van der Waals surface area contributed by atoms with Gasteiger partial charge in [0.25, 0.3) is 12.8 Å². The van der Waals surface area contributed by atoms with E-state index in [0.29, 0.717) is 22.0 Å². The third-order valence-electron chi connectivity index (χ3n) is 3.93. The monoisotopic (exact) mass is 395 g/mol. The van der Waals surface area contributed by atoms with Crippen LogP contribution in [0, 0.1) is 0 Å². The van der Waals surface area contributed by atoms with Gasteiger partial charge in [0.1, 0.15) is 5.60 Å². The molecule has 0 aliphatic carbocycles. The van der Waals surface area contributed by atoms with E-state index in [1.165, 1.54) is 10.9 Å². The normalized spacial score (nSPS) is 24.8. The van der Waals surface area contributed by atoms with Crippen LogP contribution >= 0.6 is 23.2 Å². The Labute approximate surface area is 151 Å². The summed E-state index contributed by atoms with van der Waals surface area (Å²) < 4.78 is 50.1. The maximum absolute atomic E-state index is 13.2. The van der Waals surface area contributed by atoms with Crippen LogP contribution in [0.1, 0.15) is 18.4 Å². The number of aromatic nitrogens is 3. The number of alkyl halides is 3. The second-order valence-corrected chi connectivity index (χ2v) is 6.47. The molecule has 0 N–H and O–H groups in total. The van der Waals surface area contributed by atoms with Crippen molar-refractivity contribution in [2.24, 2.45) is 0 Å². The van der Waals surface area contributed by atoms with Crippen LogP contribution in [0.4, 0.5) is 13.2 Å². The summed E-state index contributed by atoms with van der Waals surface area (Å²) >= 11 is 12.2. The Bertz CT molecular complexity index is 720. The lowest BCUT2D eigenvalue weighted by atomic mass is 9.90. The van der Waals surface area contributed by atoms with Crippen molar-refractivity contribution in [3.05, 3.63) is 46.2 Å². The molecule has 2 aromatic rings. The summed E-state index contributed by atoms with van der Waals surface area (Å²) in [7, 11) is 0. The molecule has 10 heteroatoms. The van der Waals surface area contributed by atoms with Crippen molar-refractivity contribution in [1.82, 2.24) is 15.0 Å². The maximum Gasteiger partial charge on any atom is 0.293 e. The van der Waals surface area contributed by atoms with E-state index in [9.17, 15) is 13.2 Å². The number of rotatable bonds is 6. The Hall–Kier alpha value is -1.35. The molecule has 0 radical (unpaired) electrons. The van der Waals surface area contributed by atoms with E-state index in [2.05, 4.69) is 15.0 Å². The Morgan fingerprint density at radius 3 is 2.80 bits per heavy atom. The lowest BCUT2D eigenvalue weighted by molar-refractivity contribution is -0.249. The van der Waals surface area contributed by atoms with Crippen molar-refractivity contribution < 1.29 is 22.6 Å². The van der Waals surface area contributed by atoms with Crippen LogP contribution in [0.25, 0.3) is 0 Å². The molecule has 0 bridgehead atoms. The van der Waals surface area contributed by atoms with Crippen LogP contribution in [0.5, 0.6) is 0 Å². The fourth-order valence-corrected chi connectivity index (χ4v) is 3.44. The number of hydrogen-bond acceptors (Lipinski definition) is 4. The summed E-state index contributed by atoms with van der Waals surface area (Å²) in [6.07, 6.45) is -3.37. The van der Waals surface area contributed by atoms with Gasteiger partial charge in [-0.05, 0) is 18.6 Å². The third-order valence-corrected chi connectivity index (χ3v) is 4.48. The van der Waals surface area contributed by atoms with E-state index in [1.54, 1.807) is 24.4 Å². The highest BCUT2D eigenvalue weighted by Gasteiger charge is 2.45. The fourth-order valence-electron chi connectivity index (χ4n) is 2.86. The minimum Gasteiger partial charge on any atom is -0.339 e. The number of benzene rings is 1. The van der Waals surface area contributed by atoms with Gasteiger partial charge in [-0.1, -0.05) is 34.5 Å².